The number of imide groups is 1. The number of hydrogen-bond donors (Lipinski definition) is 3. The van der Waals surface area contributed by atoms with Crippen molar-refractivity contribution in [3.05, 3.63) is 35.6 Å². The van der Waals surface area contributed by atoms with Gasteiger partial charge in [0.05, 0.1) is 5.56 Å². The third-order valence-electron chi connectivity index (χ3n) is 4.47. The molecule has 7 nitrogen and oxygen atoms in total. The minimum atomic E-state index is -0.519. The predicted octanol–water partition coefficient (Wildman–Crippen LogP) is 2.49. The lowest BCUT2D eigenvalue weighted by Gasteiger charge is -2.08. The van der Waals surface area contributed by atoms with E-state index >= 15 is 0 Å². The SMILES string of the molecule is CCCCc1oc2ccccc2c1C(=O)NCCC[C@@H]1NC(=O)NC1=O. The molecule has 0 bridgehead atoms. The van der Waals surface area contributed by atoms with Gasteiger partial charge in [-0.25, -0.2) is 4.79 Å². The fraction of sp³-hybridized carbons (Fsp3) is 0.421. The summed E-state index contributed by atoms with van der Waals surface area (Å²) in [6.45, 7) is 2.52. The van der Waals surface area contributed by atoms with Gasteiger partial charge in [0.2, 0.25) is 0 Å². The molecule has 3 N–H and O–H groups in total. The number of amides is 4. The van der Waals surface area contributed by atoms with E-state index in [-0.39, 0.29) is 11.8 Å². The van der Waals surface area contributed by atoms with E-state index in [0.717, 1.165) is 24.6 Å². The number of nitrogens with one attached hydrogen (secondary N) is 3. The first-order valence-corrected chi connectivity index (χ1v) is 9.00. The van der Waals surface area contributed by atoms with E-state index in [1.807, 2.05) is 24.3 Å². The van der Waals surface area contributed by atoms with Crippen molar-refractivity contribution in [2.45, 2.75) is 45.1 Å². The van der Waals surface area contributed by atoms with Crippen molar-refractivity contribution in [3.63, 3.8) is 0 Å². The zero-order valence-electron chi connectivity index (χ0n) is 14.8. The Morgan fingerprint density at radius 3 is 2.77 bits per heavy atom. The summed E-state index contributed by atoms with van der Waals surface area (Å²) in [7, 11) is 0. The van der Waals surface area contributed by atoms with E-state index in [0.29, 0.717) is 36.3 Å². The van der Waals surface area contributed by atoms with E-state index in [9.17, 15) is 14.4 Å². The van der Waals surface area contributed by atoms with Crippen molar-refractivity contribution in [3.8, 4) is 0 Å². The summed E-state index contributed by atoms with van der Waals surface area (Å²) in [6, 6.07) is 6.55. The standard InChI is InChI=1S/C19H23N3O4/c1-2-3-9-15-16(12-7-4-5-10-14(12)26-15)18(24)20-11-6-8-13-17(23)22-19(25)21-13/h4-5,7,10,13H,2-3,6,8-9,11H2,1H3,(H,20,24)(H2,21,22,23,25)/t13-/m0/s1. The van der Waals surface area contributed by atoms with Crippen LogP contribution in [0.2, 0.25) is 0 Å². The number of unbranched alkanes of at least 4 members (excludes halogenated alkanes) is 1. The molecule has 138 valence electrons. The highest BCUT2D eigenvalue weighted by atomic mass is 16.3. The Labute approximate surface area is 151 Å². The second kappa shape index (κ2) is 8.03. The quantitative estimate of drug-likeness (QED) is 0.499. The lowest BCUT2D eigenvalue weighted by molar-refractivity contribution is -0.120. The number of carbonyl (C=O) groups excluding carboxylic acids is 3. The fourth-order valence-electron chi connectivity index (χ4n) is 3.12. The molecule has 1 atom stereocenters. The maximum Gasteiger partial charge on any atom is 0.322 e. The molecule has 1 aliphatic rings. The summed E-state index contributed by atoms with van der Waals surface area (Å²) in [5, 5.41) is 8.46. The monoisotopic (exact) mass is 357 g/mol. The summed E-state index contributed by atoms with van der Waals surface area (Å²) < 4.78 is 5.87. The number of fused-ring (bicyclic) bond motifs is 1. The van der Waals surface area contributed by atoms with Gasteiger partial charge in [-0.1, -0.05) is 31.5 Å². The van der Waals surface area contributed by atoms with E-state index < -0.39 is 12.1 Å². The highest BCUT2D eigenvalue weighted by molar-refractivity contribution is 6.07. The van der Waals surface area contributed by atoms with Gasteiger partial charge in [0.15, 0.2) is 0 Å². The largest absolute Gasteiger partial charge is 0.460 e. The van der Waals surface area contributed by atoms with E-state index in [1.54, 1.807) is 0 Å². The Hall–Kier alpha value is -2.83. The number of para-hydroxylation sites is 1. The average molecular weight is 357 g/mol. The molecule has 4 amide bonds. The number of furan rings is 1. The maximum absolute atomic E-state index is 12.7. The first kappa shape index (κ1) is 18.0. The highest BCUT2D eigenvalue weighted by Gasteiger charge is 2.28. The highest BCUT2D eigenvalue weighted by Crippen LogP contribution is 2.27. The Balaban J connectivity index is 1.62. The smallest absolute Gasteiger partial charge is 0.322 e. The first-order chi connectivity index (χ1) is 12.6. The molecule has 0 unspecified atom stereocenters. The summed E-state index contributed by atoms with van der Waals surface area (Å²) in [5.41, 5.74) is 1.31. The molecule has 3 rings (SSSR count). The van der Waals surface area contributed by atoms with Crippen LogP contribution in [0.4, 0.5) is 4.79 Å². The van der Waals surface area contributed by atoms with Crippen molar-refractivity contribution >= 4 is 28.8 Å². The van der Waals surface area contributed by atoms with Gasteiger partial charge in [-0.3, -0.25) is 14.9 Å². The van der Waals surface area contributed by atoms with Crippen molar-refractivity contribution < 1.29 is 18.8 Å². The van der Waals surface area contributed by atoms with Gasteiger partial charge in [-0.15, -0.1) is 0 Å². The van der Waals surface area contributed by atoms with Crippen LogP contribution in [0.3, 0.4) is 0 Å². The molecule has 0 radical (unpaired) electrons. The average Bonchev–Trinajstić information content (AvgIpc) is 3.15. The maximum atomic E-state index is 12.7. The van der Waals surface area contributed by atoms with Gasteiger partial charge in [-0.05, 0) is 25.3 Å². The van der Waals surface area contributed by atoms with Crippen LogP contribution < -0.4 is 16.0 Å². The Bertz CT molecular complexity index is 827. The molecule has 1 saturated heterocycles. The Morgan fingerprint density at radius 1 is 1.23 bits per heavy atom. The normalized spacial score (nSPS) is 16.6. The van der Waals surface area contributed by atoms with E-state index in [2.05, 4.69) is 22.9 Å². The predicted molar refractivity (Wildman–Crippen MR) is 96.9 cm³/mol. The van der Waals surface area contributed by atoms with Gasteiger partial charge < -0.3 is 15.1 Å². The number of aryl methyl sites for hydroxylation is 1. The molecular formula is C19H23N3O4. The number of hydrogen-bond acceptors (Lipinski definition) is 4. The second-order valence-corrected chi connectivity index (χ2v) is 6.41. The molecule has 0 saturated carbocycles. The van der Waals surface area contributed by atoms with Crippen LogP contribution in [0.25, 0.3) is 11.0 Å². The molecule has 2 aromatic rings. The van der Waals surface area contributed by atoms with Gasteiger partial charge in [0, 0.05) is 18.4 Å². The van der Waals surface area contributed by atoms with Crippen molar-refractivity contribution in [1.29, 1.82) is 0 Å². The second-order valence-electron chi connectivity index (χ2n) is 6.41. The third-order valence-corrected chi connectivity index (χ3v) is 4.47. The van der Waals surface area contributed by atoms with Crippen LogP contribution in [0.1, 0.15) is 48.7 Å². The first-order valence-electron chi connectivity index (χ1n) is 9.00. The number of rotatable bonds is 8. The molecule has 2 heterocycles. The van der Waals surface area contributed by atoms with E-state index in [1.165, 1.54) is 0 Å². The number of benzene rings is 1. The minimum absolute atomic E-state index is 0.166. The van der Waals surface area contributed by atoms with Crippen LogP contribution in [-0.2, 0) is 11.2 Å². The van der Waals surface area contributed by atoms with Crippen LogP contribution in [0.5, 0.6) is 0 Å². The third kappa shape index (κ3) is 3.87. The fourth-order valence-corrected chi connectivity index (χ4v) is 3.12. The van der Waals surface area contributed by atoms with Gasteiger partial charge in [-0.2, -0.15) is 0 Å². The zero-order valence-corrected chi connectivity index (χ0v) is 14.8. The van der Waals surface area contributed by atoms with Gasteiger partial charge >= 0.3 is 6.03 Å². The van der Waals surface area contributed by atoms with Crippen LogP contribution in [-0.4, -0.2) is 30.4 Å². The lowest BCUT2D eigenvalue weighted by atomic mass is 10.1. The molecule has 7 heteroatoms. The minimum Gasteiger partial charge on any atom is -0.460 e. The number of urea groups is 1. The topological polar surface area (TPSA) is 100 Å². The molecule has 1 fully saturated rings. The number of carbonyl (C=O) groups is 3. The summed E-state index contributed by atoms with van der Waals surface area (Å²) in [5.74, 6) is 0.234. The molecule has 1 aromatic carbocycles. The zero-order chi connectivity index (χ0) is 18.5. The van der Waals surface area contributed by atoms with Crippen LogP contribution >= 0.6 is 0 Å². The molecule has 1 aromatic heterocycles. The van der Waals surface area contributed by atoms with Crippen molar-refractivity contribution in [1.82, 2.24) is 16.0 Å². The van der Waals surface area contributed by atoms with Gasteiger partial charge in [0.25, 0.3) is 11.8 Å². The molecular weight excluding hydrogens is 334 g/mol. The molecule has 1 aliphatic heterocycles. The van der Waals surface area contributed by atoms with Crippen LogP contribution in [0, 0.1) is 0 Å². The Morgan fingerprint density at radius 2 is 2.04 bits per heavy atom. The van der Waals surface area contributed by atoms with Crippen molar-refractivity contribution in [2.24, 2.45) is 0 Å². The van der Waals surface area contributed by atoms with E-state index in [4.69, 9.17) is 4.42 Å². The summed E-state index contributed by atoms with van der Waals surface area (Å²) in [6.07, 6.45) is 3.77. The molecule has 0 aliphatic carbocycles. The van der Waals surface area contributed by atoms with Gasteiger partial charge in [0.1, 0.15) is 17.4 Å². The van der Waals surface area contributed by atoms with Crippen LogP contribution in [0.15, 0.2) is 28.7 Å². The molecule has 26 heavy (non-hydrogen) atoms. The summed E-state index contributed by atoms with van der Waals surface area (Å²) >= 11 is 0. The summed E-state index contributed by atoms with van der Waals surface area (Å²) in [4.78, 5) is 35.3. The van der Waals surface area contributed by atoms with Crippen molar-refractivity contribution in [2.75, 3.05) is 6.54 Å². The lowest BCUT2D eigenvalue weighted by Crippen LogP contribution is -2.31. The Kier molecular flexibility index (Phi) is 5.55. The molecule has 0 spiro atoms.